The average molecular weight is 400 g/mol. The molecule has 134 valence electrons. The highest BCUT2D eigenvalue weighted by Gasteiger charge is 2.16. The molecule has 10 heteroatoms. The van der Waals surface area contributed by atoms with Crippen molar-refractivity contribution in [3.05, 3.63) is 58.9 Å². The molecule has 3 rings (SSSR count). The second-order valence-electron chi connectivity index (χ2n) is 4.94. The maximum absolute atomic E-state index is 13.5. The number of halogens is 4. The minimum absolute atomic E-state index is 0.121. The number of anilines is 1. The van der Waals surface area contributed by atoms with Gasteiger partial charge in [-0.2, -0.15) is 0 Å². The van der Waals surface area contributed by atoms with Crippen LogP contribution in [0.25, 0.3) is 11.5 Å². The van der Waals surface area contributed by atoms with Gasteiger partial charge in [0, 0.05) is 10.6 Å². The Kier molecular flexibility index (Phi) is 5.48. The lowest BCUT2D eigenvalue weighted by Crippen LogP contribution is -2.15. The van der Waals surface area contributed by atoms with Crippen LogP contribution >= 0.6 is 23.4 Å². The number of hydrogen-bond donors (Lipinski definition) is 1. The van der Waals surface area contributed by atoms with Crippen LogP contribution < -0.4 is 5.32 Å². The number of hydrogen-bond acceptors (Lipinski definition) is 5. The number of amides is 1. The molecule has 1 heterocycles. The van der Waals surface area contributed by atoms with E-state index in [9.17, 15) is 18.0 Å². The Morgan fingerprint density at radius 3 is 2.54 bits per heavy atom. The van der Waals surface area contributed by atoms with Gasteiger partial charge in [-0.25, -0.2) is 13.2 Å². The van der Waals surface area contributed by atoms with Crippen molar-refractivity contribution >= 4 is 35.0 Å². The van der Waals surface area contributed by atoms with Crippen molar-refractivity contribution in [1.82, 2.24) is 10.2 Å². The fourth-order valence-electron chi connectivity index (χ4n) is 1.91. The van der Waals surface area contributed by atoms with E-state index < -0.39 is 29.0 Å². The molecular weight excluding hydrogens is 391 g/mol. The van der Waals surface area contributed by atoms with Crippen molar-refractivity contribution in [2.45, 2.75) is 5.22 Å². The maximum Gasteiger partial charge on any atom is 0.277 e. The Bertz CT molecular complexity index is 950. The number of nitrogens with zero attached hydrogens (tertiary/aromatic N) is 2. The number of benzene rings is 2. The first-order valence-electron chi connectivity index (χ1n) is 7.09. The number of thioether (sulfide) groups is 1. The molecule has 3 aromatic rings. The van der Waals surface area contributed by atoms with E-state index in [4.69, 9.17) is 16.0 Å². The van der Waals surface area contributed by atoms with Crippen LogP contribution in [-0.4, -0.2) is 21.9 Å². The van der Waals surface area contributed by atoms with Crippen molar-refractivity contribution in [3.63, 3.8) is 0 Å². The van der Waals surface area contributed by atoms with E-state index in [1.54, 1.807) is 24.3 Å². The molecule has 0 saturated carbocycles. The van der Waals surface area contributed by atoms with Crippen LogP contribution in [0.2, 0.25) is 5.02 Å². The van der Waals surface area contributed by atoms with Crippen molar-refractivity contribution in [2.24, 2.45) is 0 Å². The van der Waals surface area contributed by atoms with Gasteiger partial charge >= 0.3 is 0 Å². The SMILES string of the molecule is O=C(CSc1nnc(-c2ccc(Cl)cc2)o1)Nc1ccc(F)c(F)c1F. The van der Waals surface area contributed by atoms with E-state index in [0.717, 1.165) is 23.9 Å². The predicted octanol–water partition coefficient (Wildman–Crippen LogP) is 4.54. The van der Waals surface area contributed by atoms with Crippen LogP contribution in [-0.2, 0) is 4.79 Å². The smallest absolute Gasteiger partial charge is 0.277 e. The molecule has 1 N–H and O–H groups in total. The van der Waals surface area contributed by atoms with E-state index in [1.807, 2.05) is 0 Å². The van der Waals surface area contributed by atoms with Gasteiger partial charge in [0.25, 0.3) is 5.22 Å². The molecule has 26 heavy (non-hydrogen) atoms. The fraction of sp³-hybridized carbons (Fsp3) is 0.0625. The summed E-state index contributed by atoms with van der Waals surface area (Å²) in [5.74, 6) is -5.05. The number of aromatic nitrogens is 2. The number of rotatable bonds is 5. The summed E-state index contributed by atoms with van der Waals surface area (Å²) < 4.78 is 44.9. The summed E-state index contributed by atoms with van der Waals surface area (Å²) in [5.41, 5.74) is 0.198. The van der Waals surface area contributed by atoms with Gasteiger partial charge in [0.05, 0.1) is 11.4 Å². The first kappa shape index (κ1) is 18.3. The summed E-state index contributed by atoms with van der Waals surface area (Å²) in [6, 6.07) is 8.38. The lowest BCUT2D eigenvalue weighted by atomic mass is 10.2. The highest BCUT2D eigenvalue weighted by molar-refractivity contribution is 7.99. The minimum atomic E-state index is -1.65. The van der Waals surface area contributed by atoms with Crippen molar-refractivity contribution < 1.29 is 22.4 Å². The van der Waals surface area contributed by atoms with E-state index in [0.29, 0.717) is 10.6 Å². The van der Waals surface area contributed by atoms with E-state index in [2.05, 4.69) is 15.5 Å². The van der Waals surface area contributed by atoms with E-state index >= 15 is 0 Å². The normalized spacial score (nSPS) is 10.8. The highest BCUT2D eigenvalue weighted by atomic mass is 35.5. The fourth-order valence-corrected chi connectivity index (χ4v) is 2.60. The minimum Gasteiger partial charge on any atom is -0.411 e. The third-order valence-corrected chi connectivity index (χ3v) is 4.20. The van der Waals surface area contributed by atoms with Gasteiger partial charge in [-0.3, -0.25) is 4.79 Å². The predicted molar refractivity (Wildman–Crippen MR) is 90.4 cm³/mol. The molecular formula is C16H9ClF3N3O2S. The number of carbonyl (C=O) groups excluding carboxylic acids is 1. The van der Waals surface area contributed by atoms with Crippen LogP contribution in [0.1, 0.15) is 0 Å². The molecule has 1 amide bonds. The first-order chi connectivity index (χ1) is 12.4. The van der Waals surface area contributed by atoms with Gasteiger partial charge in [-0.1, -0.05) is 23.4 Å². The third kappa shape index (κ3) is 4.17. The molecule has 0 spiro atoms. The van der Waals surface area contributed by atoms with Gasteiger partial charge in [0.15, 0.2) is 17.5 Å². The zero-order chi connectivity index (χ0) is 18.7. The Labute approximate surface area is 154 Å². The largest absolute Gasteiger partial charge is 0.411 e. The van der Waals surface area contributed by atoms with Gasteiger partial charge in [-0.15, -0.1) is 10.2 Å². The molecule has 0 radical (unpaired) electrons. The van der Waals surface area contributed by atoms with Crippen molar-refractivity contribution in [3.8, 4) is 11.5 Å². The monoisotopic (exact) mass is 399 g/mol. The Morgan fingerprint density at radius 1 is 1.08 bits per heavy atom. The summed E-state index contributed by atoms with van der Waals surface area (Å²) in [6.07, 6.45) is 0. The molecule has 1 aromatic heterocycles. The summed E-state index contributed by atoms with van der Waals surface area (Å²) in [4.78, 5) is 11.8. The molecule has 0 bridgehead atoms. The molecule has 2 aromatic carbocycles. The highest BCUT2D eigenvalue weighted by Crippen LogP contribution is 2.25. The van der Waals surface area contributed by atoms with Crippen LogP contribution in [0.4, 0.5) is 18.9 Å². The molecule has 5 nitrogen and oxygen atoms in total. The molecule has 0 atom stereocenters. The zero-order valence-corrected chi connectivity index (χ0v) is 14.4. The van der Waals surface area contributed by atoms with Gasteiger partial charge in [0.1, 0.15) is 0 Å². The molecule has 0 saturated heterocycles. The molecule has 0 aliphatic heterocycles. The lowest BCUT2D eigenvalue weighted by molar-refractivity contribution is -0.113. The third-order valence-electron chi connectivity index (χ3n) is 3.13. The quantitative estimate of drug-likeness (QED) is 0.504. The van der Waals surface area contributed by atoms with Crippen molar-refractivity contribution in [2.75, 3.05) is 11.1 Å². The lowest BCUT2D eigenvalue weighted by Gasteiger charge is -2.06. The molecule has 0 fully saturated rings. The van der Waals surface area contributed by atoms with Crippen LogP contribution in [0.5, 0.6) is 0 Å². The summed E-state index contributed by atoms with van der Waals surface area (Å²) >= 11 is 6.71. The summed E-state index contributed by atoms with van der Waals surface area (Å²) in [5, 5.41) is 10.5. The maximum atomic E-state index is 13.5. The Balaban J connectivity index is 1.60. The van der Waals surface area contributed by atoms with Gasteiger partial charge in [0.2, 0.25) is 11.8 Å². The first-order valence-corrected chi connectivity index (χ1v) is 8.46. The molecule has 0 unspecified atom stereocenters. The van der Waals surface area contributed by atoms with E-state index in [-0.39, 0.29) is 16.9 Å². The standard InChI is InChI=1S/C16H9ClF3N3O2S/c17-9-3-1-8(2-4-9)15-22-23-16(25-15)26-7-12(24)21-11-6-5-10(18)13(19)14(11)20/h1-6H,7H2,(H,21,24). The topological polar surface area (TPSA) is 68.0 Å². The second-order valence-corrected chi connectivity index (χ2v) is 6.30. The van der Waals surface area contributed by atoms with Gasteiger partial charge < -0.3 is 9.73 Å². The Morgan fingerprint density at radius 2 is 1.81 bits per heavy atom. The van der Waals surface area contributed by atoms with Crippen LogP contribution in [0.3, 0.4) is 0 Å². The van der Waals surface area contributed by atoms with E-state index in [1.165, 1.54) is 0 Å². The van der Waals surface area contributed by atoms with Crippen LogP contribution in [0.15, 0.2) is 46.0 Å². The average Bonchev–Trinajstić information content (AvgIpc) is 3.10. The van der Waals surface area contributed by atoms with Crippen molar-refractivity contribution in [1.29, 1.82) is 0 Å². The molecule has 0 aliphatic rings. The zero-order valence-electron chi connectivity index (χ0n) is 12.8. The Hall–Kier alpha value is -2.52. The molecule has 0 aliphatic carbocycles. The van der Waals surface area contributed by atoms with Gasteiger partial charge in [-0.05, 0) is 36.4 Å². The number of carbonyl (C=O) groups is 1. The number of nitrogens with one attached hydrogen (secondary N) is 1. The summed E-state index contributed by atoms with van der Waals surface area (Å²) in [7, 11) is 0. The second kappa shape index (κ2) is 7.79. The summed E-state index contributed by atoms with van der Waals surface area (Å²) in [6.45, 7) is 0. The van der Waals surface area contributed by atoms with Crippen LogP contribution in [0, 0.1) is 17.5 Å².